The van der Waals surface area contributed by atoms with Crippen molar-refractivity contribution in [1.82, 2.24) is 4.90 Å². The van der Waals surface area contributed by atoms with Gasteiger partial charge in [-0.3, -0.25) is 14.3 Å². The second kappa shape index (κ2) is 10.9. The summed E-state index contributed by atoms with van der Waals surface area (Å²) in [5, 5.41) is 3.02. The van der Waals surface area contributed by atoms with Gasteiger partial charge < -0.3 is 14.6 Å². The third-order valence-electron chi connectivity index (χ3n) is 5.83. The van der Waals surface area contributed by atoms with Gasteiger partial charge in [0.1, 0.15) is 11.1 Å². The van der Waals surface area contributed by atoms with Crippen LogP contribution in [0.3, 0.4) is 0 Å². The minimum Gasteiger partial charge on any atom is -0.467 e. The average molecular weight is 568 g/mol. The van der Waals surface area contributed by atoms with Gasteiger partial charge in [-0.2, -0.15) is 0 Å². The molecule has 1 fully saturated rings. The quantitative estimate of drug-likeness (QED) is 0.280. The largest absolute Gasteiger partial charge is 0.467 e. The third-order valence-corrected chi connectivity index (χ3v) is 8.72. The molecule has 0 aliphatic carbocycles. The van der Waals surface area contributed by atoms with Gasteiger partial charge in [0.2, 0.25) is 5.91 Å². The number of thioether (sulfide) groups is 1. The summed E-state index contributed by atoms with van der Waals surface area (Å²) in [6.07, 6.45) is 1.58. The van der Waals surface area contributed by atoms with E-state index in [0.717, 1.165) is 5.56 Å². The fourth-order valence-electron chi connectivity index (χ4n) is 3.96. The van der Waals surface area contributed by atoms with E-state index >= 15 is 0 Å². The van der Waals surface area contributed by atoms with Gasteiger partial charge in [-0.15, -0.1) is 11.8 Å². The fourth-order valence-corrected chi connectivity index (χ4v) is 6.39. The molecular weight excluding hydrogens is 546 g/mol. The molecule has 0 radical (unpaired) electrons. The van der Waals surface area contributed by atoms with Gasteiger partial charge >= 0.3 is 0 Å². The number of nitrogens with one attached hydrogen (secondary N) is 2. The summed E-state index contributed by atoms with van der Waals surface area (Å²) in [5.41, 5.74) is 2.14. The van der Waals surface area contributed by atoms with E-state index in [9.17, 15) is 18.0 Å². The van der Waals surface area contributed by atoms with Crippen LogP contribution < -0.4 is 10.0 Å². The zero-order chi connectivity index (χ0) is 26.7. The first kappa shape index (κ1) is 25.9. The van der Waals surface area contributed by atoms with E-state index in [1.165, 1.54) is 42.1 Å². The lowest BCUT2D eigenvalue weighted by Gasteiger charge is -2.23. The summed E-state index contributed by atoms with van der Waals surface area (Å²) >= 11 is 7.45. The maximum absolute atomic E-state index is 12.8. The predicted molar refractivity (Wildman–Crippen MR) is 148 cm³/mol. The lowest BCUT2D eigenvalue weighted by molar-refractivity contribution is -0.128. The standard InChI is InChI=1S/C27H22ClN3O5S2/c28-20-3-1-4-22(15-20)30-38(34,35)24-12-10-21(11-13-24)29-26(33)18-6-8-19(9-7-18)27-31(25(32)17-37-27)16-23-5-2-14-36-23/h1-15,27,30H,16-17H2,(H,29,33)/t27-/m1/s1. The van der Waals surface area contributed by atoms with Gasteiger partial charge in [0, 0.05) is 16.3 Å². The molecule has 0 saturated carbocycles. The molecular formula is C27H22ClN3O5S2. The molecule has 4 aromatic rings. The number of carbonyl (C=O) groups is 2. The average Bonchev–Trinajstić information content (AvgIpc) is 3.54. The molecule has 194 valence electrons. The molecule has 0 spiro atoms. The molecule has 5 rings (SSSR count). The molecule has 0 unspecified atom stereocenters. The summed E-state index contributed by atoms with van der Waals surface area (Å²) in [6.45, 7) is 0.381. The van der Waals surface area contributed by atoms with E-state index < -0.39 is 10.0 Å². The van der Waals surface area contributed by atoms with Crippen molar-refractivity contribution in [3.8, 4) is 0 Å². The first-order valence-corrected chi connectivity index (χ1v) is 14.4. The Labute approximate surface area is 229 Å². The number of benzene rings is 3. The molecule has 11 heteroatoms. The summed E-state index contributed by atoms with van der Waals surface area (Å²) in [6, 6.07) is 23.0. The van der Waals surface area contributed by atoms with E-state index in [1.807, 2.05) is 18.2 Å². The van der Waals surface area contributed by atoms with E-state index in [1.54, 1.807) is 47.6 Å². The zero-order valence-corrected chi connectivity index (χ0v) is 22.2. The van der Waals surface area contributed by atoms with Gasteiger partial charge in [0.25, 0.3) is 15.9 Å². The van der Waals surface area contributed by atoms with Crippen LogP contribution in [0.1, 0.15) is 27.1 Å². The minimum absolute atomic E-state index is 0.0337. The van der Waals surface area contributed by atoms with Crippen LogP contribution in [0.5, 0.6) is 0 Å². The van der Waals surface area contributed by atoms with Gasteiger partial charge in [-0.1, -0.05) is 29.8 Å². The van der Waals surface area contributed by atoms with Crippen molar-refractivity contribution in [2.24, 2.45) is 0 Å². The molecule has 2 N–H and O–H groups in total. The number of anilines is 2. The Morgan fingerprint density at radius 2 is 1.76 bits per heavy atom. The van der Waals surface area contributed by atoms with Gasteiger partial charge in [0.15, 0.2) is 0 Å². The van der Waals surface area contributed by atoms with Crippen molar-refractivity contribution in [1.29, 1.82) is 0 Å². The van der Waals surface area contributed by atoms with Crippen LogP contribution in [-0.4, -0.2) is 30.9 Å². The molecule has 1 aliphatic rings. The normalized spacial score (nSPS) is 15.4. The monoisotopic (exact) mass is 567 g/mol. The number of halogens is 1. The number of nitrogens with zero attached hydrogens (tertiary/aromatic N) is 1. The Balaban J connectivity index is 1.23. The maximum Gasteiger partial charge on any atom is 0.261 e. The predicted octanol–water partition coefficient (Wildman–Crippen LogP) is 5.76. The van der Waals surface area contributed by atoms with E-state index in [2.05, 4.69) is 10.0 Å². The van der Waals surface area contributed by atoms with Crippen molar-refractivity contribution in [3.63, 3.8) is 0 Å². The second-order valence-corrected chi connectivity index (χ2v) is 11.7. The molecule has 2 amide bonds. The molecule has 8 nitrogen and oxygen atoms in total. The lowest BCUT2D eigenvalue weighted by Crippen LogP contribution is -2.27. The van der Waals surface area contributed by atoms with Gasteiger partial charge in [-0.05, 0) is 72.3 Å². The maximum atomic E-state index is 12.8. The van der Waals surface area contributed by atoms with Gasteiger partial charge in [0.05, 0.1) is 29.1 Å². The number of furan rings is 1. The van der Waals surface area contributed by atoms with E-state index in [-0.39, 0.29) is 22.1 Å². The third kappa shape index (κ3) is 5.88. The summed E-state index contributed by atoms with van der Waals surface area (Å²) in [7, 11) is -3.82. The van der Waals surface area contributed by atoms with Crippen LogP contribution in [0.15, 0.2) is 101 Å². The summed E-state index contributed by atoms with van der Waals surface area (Å²) in [4.78, 5) is 27.0. The molecule has 1 saturated heterocycles. The number of hydrogen-bond donors (Lipinski definition) is 2. The molecule has 0 bridgehead atoms. The van der Waals surface area contributed by atoms with E-state index in [0.29, 0.717) is 40.0 Å². The Kier molecular flexibility index (Phi) is 7.46. The fraction of sp³-hybridized carbons (Fsp3) is 0.111. The Hall–Kier alpha value is -3.73. The Morgan fingerprint density at radius 1 is 1.00 bits per heavy atom. The Bertz CT molecular complexity index is 1560. The zero-order valence-electron chi connectivity index (χ0n) is 19.8. The van der Waals surface area contributed by atoms with Crippen LogP contribution in [-0.2, 0) is 21.4 Å². The first-order chi connectivity index (χ1) is 18.3. The van der Waals surface area contributed by atoms with Crippen molar-refractivity contribution < 1.29 is 22.4 Å². The van der Waals surface area contributed by atoms with Crippen LogP contribution >= 0.6 is 23.4 Å². The van der Waals surface area contributed by atoms with Crippen LogP contribution in [0.4, 0.5) is 11.4 Å². The van der Waals surface area contributed by atoms with Crippen molar-refractivity contribution in [2.45, 2.75) is 16.8 Å². The molecule has 1 atom stereocenters. The highest BCUT2D eigenvalue weighted by Crippen LogP contribution is 2.39. The number of hydrogen-bond acceptors (Lipinski definition) is 6. The van der Waals surface area contributed by atoms with Crippen LogP contribution in [0.25, 0.3) is 0 Å². The molecule has 2 heterocycles. The first-order valence-electron chi connectivity index (χ1n) is 11.5. The topological polar surface area (TPSA) is 109 Å². The number of carbonyl (C=O) groups excluding carboxylic acids is 2. The number of rotatable bonds is 8. The number of sulfonamides is 1. The number of amides is 2. The minimum atomic E-state index is -3.82. The van der Waals surface area contributed by atoms with Crippen molar-refractivity contribution in [3.05, 3.63) is 113 Å². The van der Waals surface area contributed by atoms with Crippen molar-refractivity contribution in [2.75, 3.05) is 15.8 Å². The highest BCUT2D eigenvalue weighted by molar-refractivity contribution is 8.00. The van der Waals surface area contributed by atoms with Crippen LogP contribution in [0, 0.1) is 0 Å². The lowest BCUT2D eigenvalue weighted by atomic mass is 10.1. The molecule has 1 aromatic heterocycles. The molecule has 3 aromatic carbocycles. The SMILES string of the molecule is O=C(Nc1ccc(S(=O)(=O)Nc2cccc(Cl)c2)cc1)c1ccc([C@H]2SCC(=O)N2Cc2ccco2)cc1. The van der Waals surface area contributed by atoms with Crippen LogP contribution in [0.2, 0.25) is 5.02 Å². The second-order valence-electron chi connectivity index (χ2n) is 8.48. The van der Waals surface area contributed by atoms with Crippen molar-refractivity contribution >= 4 is 56.6 Å². The van der Waals surface area contributed by atoms with Gasteiger partial charge in [-0.25, -0.2) is 8.42 Å². The summed E-state index contributed by atoms with van der Waals surface area (Å²) in [5.74, 6) is 0.785. The smallest absolute Gasteiger partial charge is 0.261 e. The Morgan fingerprint density at radius 3 is 2.45 bits per heavy atom. The molecule has 1 aliphatic heterocycles. The highest BCUT2D eigenvalue weighted by atomic mass is 35.5. The van der Waals surface area contributed by atoms with E-state index in [4.69, 9.17) is 16.0 Å². The molecule has 38 heavy (non-hydrogen) atoms. The summed E-state index contributed by atoms with van der Waals surface area (Å²) < 4.78 is 33.2. The highest BCUT2D eigenvalue weighted by Gasteiger charge is 2.33.